The molecule has 2 fully saturated rings. The van der Waals surface area contributed by atoms with Crippen LogP contribution < -0.4 is 10.1 Å². The largest absolute Gasteiger partial charge is 0.490 e. The second-order valence-electron chi connectivity index (χ2n) is 10.7. The van der Waals surface area contributed by atoms with Gasteiger partial charge in [-0.3, -0.25) is 14.5 Å². The van der Waals surface area contributed by atoms with E-state index in [4.69, 9.17) is 21.1 Å². The molecular weight excluding hydrogens is 528 g/mol. The van der Waals surface area contributed by atoms with E-state index in [0.29, 0.717) is 68.5 Å². The maximum Gasteiger partial charge on any atom is 0.225 e. The molecule has 0 bridgehead atoms. The first-order chi connectivity index (χ1) is 18.5. The standard InChI is InChI=1S/C29H36ClF2N3O4/c1-19-12-24(13-20(2)28(19)30)38-18-29(15-27(37)35-8-6-23(7-9-35)33-21(3)36)17-34(10-11-39-29)16-22-4-5-25(31)26(32)14-22/h4-5,12-14,23H,6-11,15-18H2,1-3H3,(H,33,36)/t29-/m0/s1. The number of halogens is 3. The smallest absolute Gasteiger partial charge is 0.225 e. The normalized spacial score (nSPS) is 20.6. The van der Waals surface area contributed by atoms with Crippen molar-refractivity contribution < 1.29 is 27.8 Å². The maximum atomic E-state index is 13.8. The number of nitrogens with one attached hydrogen (secondary N) is 1. The molecule has 7 nitrogen and oxygen atoms in total. The summed E-state index contributed by atoms with van der Waals surface area (Å²) in [6.45, 7) is 8.26. The summed E-state index contributed by atoms with van der Waals surface area (Å²) in [5.41, 5.74) is 1.48. The Labute approximate surface area is 233 Å². The quantitative estimate of drug-likeness (QED) is 0.515. The molecule has 1 atom stereocenters. The Morgan fingerprint density at radius 2 is 1.79 bits per heavy atom. The number of amides is 2. The van der Waals surface area contributed by atoms with Gasteiger partial charge >= 0.3 is 0 Å². The van der Waals surface area contributed by atoms with Gasteiger partial charge in [-0.25, -0.2) is 8.78 Å². The van der Waals surface area contributed by atoms with Gasteiger partial charge in [0.2, 0.25) is 11.8 Å². The van der Waals surface area contributed by atoms with E-state index < -0.39 is 17.2 Å². The molecule has 2 aliphatic rings. The van der Waals surface area contributed by atoms with Gasteiger partial charge in [-0.1, -0.05) is 17.7 Å². The number of aryl methyl sites for hydroxylation is 2. The van der Waals surface area contributed by atoms with Crippen LogP contribution in [-0.4, -0.2) is 72.6 Å². The number of rotatable bonds is 8. The van der Waals surface area contributed by atoms with E-state index in [9.17, 15) is 18.4 Å². The van der Waals surface area contributed by atoms with Crippen LogP contribution in [0.2, 0.25) is 5.02 Å². The number of piperidine rings is 1. The number of carbonyl (C=O) groups is 2. The van der Waals surface area contributed by atoms with Crippen LogP contribution in [0.15, 0.2) is 30.3 Å². The van der Waals surface area contributed by atoms with Crippen molar-refractivity contribution in [2.45, 2.75) is 58.2 Å². The van der Waals surface area contributed by atoms with Crippen LogP contribution in [-0.2, 0) is 20.9 Å². The molecule has 2 saturated heterocycles. The van der Waals surface area contributed by atoms with Crippen molar-refractivity contribution in [3.8, 4) is 5.75 Å². The number of hydrogen-bond acceptors (Lipinski definition) is 5. The average molecular weight is 564 g/mol. The van der Waals surface area contributed by atoms with Crippen LogP contribution in [0.1, 0.15) is 42.9 Å². The minimum atomic E-state index is -0.941. The fourth-order valence-corrected chi connectivity index (χ4v) is 5.46. The summed E-state index contributed by atoms with van der Waals surface area (Å²) in [5, 5.41) is 3.61. The Kier molecular flexibility index (Phi) is 9.46. The second kappa shape index (κ2) is 12.6. The Balaban J connectivity index is 1.49. The van der Waals surface area contributed by atoms with Crippen molar-refractivity contribution >= 4 is 23.4 Å². The van der Waals surface area contributed by atoms with Gasteiger partial charge in [-0.05, 0) is 67.6 Å². The highest BCUT2D eigenvalue weighted by atomic mass is 35.5. The number of morpholine rings is 1. The Morgan fingerprint density at radius 1 is 1.10 bits per heavy atom. The van der Waals surface area contributed by atoms with Crippen LogP contribution in [0, 0.1) is 25.5 Å². The number of ether oxygens (including phenoxy) is 2. The zero-order chi connectivity index (χ0) is 28.2. The van der Waals surface area contributed by atoms with Crippen LogP contribution in [0.4, 0.5) is 8.78 Å². The van der Waals surface area contributed by atoms with E-state index in [2.05, 4.69) is 10.2 Å². The summed E-state index contributed by atoms with van der Waals surface area (Å²) in [7, 11) is 0. The second-order valence-corrected chi connectivity index (χ2v) is 11.1. The van der Waals surface area contributed by atoms with Crippen molar-refractivity contribution in [2.24, 2.45) is 0 Å². The summed E-state index contributed by atoms with van der Waals surface area (Å²) in [4.78, 5) is 28.8. The number of benzene rings is 2. The van der Waals surface area contributed by atoms with Crippen LogP contribution in [0.25, 0.3) is 0 Å². The minimum absolute atomic E-state index is 0.0435. The highest BCUT2D eigenvalue weighted by Gasteiger charge is 2.41. The summed E-state index contributed by atoms with van der Waals surface area (Å²) in [5.74, 6) is -1.25. The average Bonchev–Trinajstić information content (AvgIpc) is 2.88. The molecule has 0 aromatic heterocycles. The maximum absolute atomic E-state index is 13.8. The first-order valence-corrected chi connectivity index (χ1v) is 13.7. The molecule has 0 radical (unpaired) electrons. The molecule has 39 heavy (non-hydrogen) atoms. The topological polar surface area (TPSA) is 71.1 Å². The number of likely N-dealkylation sites (tertiary alicyclic amines) is 1. The third-order valence-corrected chi connectivity index (χ3v) is 7.95. The van der Waals surface area contributed by atoms with Gasteiger partial charge in [0.25, 0.3) is 0 Å². The molecule has 4 rings (SSSR count). The lowest BCUT2D eigenvalue weighted by Crippen LogP contribution is -2.57. The van der Waals surface area contributed by atoms with Gasteiger partial charge in [0.1, 0.15) is 18.0 Å². The number of nitrogens with zero attached hydrogens (tertiary/aromatic N) is 2. The monoisotopic (exact) mass is 563 g/mol. The summed E-state index contributed by atoms with van der Waals surface area (Å²) < 4.78 is 39.8. The summed E-state index contributed by atoms with van der Waals surface area (Å²) in [6.07, 6.45) is 1.50. The third kappa shape index (κ3) is 7.68. The fraction of sp³-hybridized carbons (Fsp3) is 0.517. The van der Waals surface area contributed by atoms with Crippen molar-refractivity contribution in [1.29, 1.82) is 0 Å². The summed E-state index contributed by atoms with van der Waals surface area (Å²) >= 11 is 6.33. The highest BCUT2D eigenvalue weighted by Crippen LogP contribution is 2.30. The van der Waals surface area contributed by atoms with Crippen LogP contribution in [0.3, 0.4) is 0 Å². The molecular formula is C29H36ClF2N3O4. The zero-order valence-corrected chi connectivity index (χ0v) is 23.5. The molecule has 2 aromatic rings. The lowest BCUT2D eigenvalue weighted by atomic mass is 9.95. The van der Waals surface area contributed by atoms with Crippen LogP contribution >= 0.6 is 11.6 Å². The first kappa shape index (κ1) is 29.2. The van der Waals surface area contributed by atoms with Gasteiger partial charge in [0.05, 0.1) is 13.0 Å². The molecule has 1 N–H and O–H groups in total. The van der Waals surface area contributed by atoms with Crippen LogP contribution in [0.5, 0.6) is 5.75 Å². The van der Waals surface area contributed by atoms with Crippen molar-refractivity contribution in [1.82, 2.24) is 15.1 Å². The molecule has 0 spiro atoms. The molecule has 10 heteroatoms. The number of hydrogen-bond donors (Lipinski definition) is 1. The van der Waals surface area contributed by atoms with E-state index in [1.807, 2.05) is 30.9 Å². The molecule has 2 aromatic carbocycles. The lowest BCUT2D eigenvalue weighted by Gasteiger charge is -2.43. The number of carbonyl (C=O) groups excluding carboxylic acids is 2. The molecule has 0 unspecified atom stereocenters. The molecule has 0 aliphatic carbocycles. The van der Waals surface area contributed by atoms with Crippen molar-refractivity contribution in [3.05, 3.63) is 63.7 Å². The predicted molar refractivity (Wildman–Crippen MR) is 145 cm³/mol. The molecule has 2 amide bonds. The zero-order valence-electron chi connectivity index (χ0n) is 22.7. The molecule has 2 heterocycles. The summed E-state index contributed by atoms with van der Waals surface area (Å²) in [6, 6.07) is 7.68. The van der Waals surface area contributed by atoms with Gasteiger partial charge in [-0.15, -0.1) is 0 Å². The third-order valence-electron chi connectivity index (χ3n) is 7.36. The highest BCUT2D eigenvalue weighted by molar-refractivity contribution is 6.32. The van der Waals surface area contributed by atoms with E-state index in [-0.39, 0.29) is 30.9 Å². The molecule has 0 saturated carbocycles. The minimum Gasteiger partial charge on any atom is -0.490 e. The van der Waals surface area contributed by atoms with E-state index >= 15 is 0 Å². The Morgan fingerprint density at radius 3 is 2.44 bits per heavy atom. The fourth-order valence-electron chi connectivity index (χ4n) is 5.35. The SMILES string of the molecule is CC(=O)NC1CCN(C(=O)C[C@@]2(COc3cc(C)c(Cl)c(C)c3)CN(Cc3ccc(F)c(F)c3)CCO2)CC1. The van der Waals surface area contributed by atoms with Gasteiger partial charge < -0.3 is 19.7 Å². The van der Waals surface area contributed by atoms with E-state index in [1.165, 1.54) is 13.0 Å². The van der Waals surface area contributed by atoms with Gasteiger partial charge in [-0.2, -0.15) is 0 Å². The first-order valence-electron chi connectivity index (χ1n) is 13.3. The van der Waals surface area contributed by atoms with Gasteiger partial charge in [0, 0.05) is 50.7 Å². The van der Waals surface area contributed by atoms with Crippen molar-refractivity contribution in [3.63, 3.8) is 0 Å². The van der Waals surface area contributed by atoms with E-state index in [0.717, 1.165) is 17.2 Å². The Bertz CT molecular complexity index is 1180. The molecule has 2 aliphatic heterocycles. The Hall–Kier alpha value is -2.75. The van der Waals surface area contributed by atoms with E-state index in [1.54, 1.807) is 6.07 Å². The predicted octanol–water partition coefficient (Wildman–Crippen LogP) is 4.40. The van der Waals surface area contributed by atoms with Gasteiger partial charge in [0.15, 0.2) is 11.6 Å². The lowest BCUT2D eigenvalue weighted by molar-refractivity contribution is -0.157. The van der Waals surface area contributed by atoms with Crippen molar-refractivity contribution in [2.75, 3.05) is 39.4 Å². The molecule has 212 valence electrons.